The van der Waals surface area contributed by atoms with Crippen LogP contribution in [0, 0.1) is 5.92 Å². The Morgan fingerprint density at radius 2 is 2.12 bits per heavy atom. The highest BCUT2D eigenvalue weighted by molar-refractivity contribution is 5.78. The van der Waals surface area contributed by atoms with Crippen LogP contribution in [0.2, 0.25) is 0 Å². The Bertz CT molecular complexity index is 248. The average Bonchev–Trinajstić information content (AvgIpc) is 2.40. The summed E-state index contributed by atoms with van der Waals surface area (Å²) in [7, 11) is 1.86. The summed E-state index contributed by atoms with van der Waals surface area (Å²) < 4.78 is 10.9. The first kappa shape index (κ1) is 12.8. The van der Waals surface area contributed by atoms with E-state index in [1.807, 2.05) is 7.05 Å². The molecule has 2 aliphatic heterocycles. The van der Waals surface area contributed by atoms with E-state index in [-0.39, 0.29) is 17.9 Å². The molecule has 5 nitrogen and oxygen atoms in total. The van der Waals surface area contributed by atoms with Crippen molar-refractivity contribution in [2.24, 2.45) is 5.92 Å². The fraction of sp³-hybridized carbons (Fsp3) is 0.917. The number of hydrogen-bond donors (Lipinski definition) is 1. The molecule has 0 radical (unpaired) electrons. The Hall–Kier alpha value is -0.650. The maximum atomic E-state index is 12.2. The van der Waals surface area contributed by atoms with Gasteiger partial charge in [-0.2, -0.15) is 0 Å². The molecule has 1 N–H and O–H groups in total. The fourth-order valence-corrected chi connectivity index (χ4v) is 2.42. The minimum absolute atomic E-state index is 0.0411. The van der Waals surface area contributed by atoms with Gasteiger partial charge in [0.15, 0.2) is 0 Å². The van der Waals surface area contributed by atoms with Crippen LogP contribution in [0.5, 0.6) is 0 Å². The van der Waals surface area contributed by atoms with Crippen LogP contribution >= 0.6 is 0 Å². The van der Waals surface area contributed by atoms with Crippen molar-refractivity contribution in [3.05, 3.63) is 0 Å². The van der Waals surface area contributed by atoms with E-state index in [1.54, 1.807) is 4.90 Å². The van der Waals surface area contributed by atoms with Gasteiger partial charge in [-0.25, -0.2) is 0 Å². The van der Waals surface area contributed by atoms with Gasteiger partial charge in [-0.3, -0.25) is 4.79 Å². The van der Waals surface area contributed by atoms with Crippen molar-refractivity contribution in [3.63, 3.8) is 0 Å². The van der Waals surface area contributed by atoms with Gasteiger partial charge in [-0.15, -0.1) is 0 Å². The number of rotatable bonds is 3. The summed E-state index contributed by atoms with van der Waals surface area (Å²) in [6.45, 7) is 4.45. The third-order valence-electron chi connectivity index (χ3n) is 3.43. The second-order valence-electron chi connectivity index (χ2n) is 4.81. The van der Waals surface area contributed by atoms with E-state index < -0.39 is 0 Å². The van der Waals surface area contributed by atoms with Gasteiger partial charge < -0.3 is 19.7 Å². The summed E-state index contributed by atoms with van der Waals surface area (Å²) in [6.07, 6.45) is 1.94. The highest BCUT2D eigenvalue weighted by atomic mass is 16.6. The Kier molecular flexibility index (Phi) is 4.76. The van der Waals surface area contributed by atoms with Crippen LogP contribution in [0.3, 0.4) is 0 Å². The fourth-order valence-electron chi connectivity index (χ4n) is 2.42. The third-order valence-corrected chi connectivity index (χ3v) is 3.43. The summed E-state index contributed by atoms with van der Waals surface area (Å²) in [5.41, 5.74) is 0. The Morgan fingerprint density at radius 3 is 2.76 bits per heavy atom. The van der Waals surface area contributed by atoms with E-state index >= 15 is 0 Å². The second kappa shape index (κ2) is 6.33. The smallest absolute Gasteiger partial charge is 0.225 e. The van der Waals surface area contributed by atoms with Crippen molar-refractivity contribution in [2.75, 3.05) is 46.5 Å². The van der Waals surface area contributed by atoms with Crippen LogP contribution in [0.25, 0.3) is 0 Å². The Labute approximate surface area is 102 Å². The van der Waals surface area contributed by atoms with Crippen molar-refractivity contribution in [1.29, 1.82) is 0 Å². The number of carbonyl (C=O) groups excluding carboxylic acids is 1. The number of ether oxygens (including phenoxy) is 2. The summed E-state index contributed by atoms with van der Waals surface area (Å²) in [5, 5.41) is 3.27. The number of amides is 1. The van der Waals surface area contributed by atoms with Crippen molar-refractivity contribution < 1.29 is 14.3 Å². The lowest BCUT2D eigenvalue weighted by Crippen LogP contribution is -2.44. The lowest BCUT2D eigenvalue weighted by Gasteiger charge is -2.31. The van der Waals surface area contributed by atoms with Gasteiger partial charge in [0.05, 0.1) is 25.9 Å². The van der Waals surface area contributed by atoms with Crippen molar-refractivity contribution in [2.45, 2.75) is 18.9 Å². The lowest BCUT2D eigenvalue weighted by atomic mass is 9.96. The molecule has 2 heterocycles. The van der Waals surface area contributed by atoms with E-state index in [0.29, 0.717) is 26.4 Å². The summed E-state index contributed by atoms with van der Waals surface area (Å²) >= 11 is 0. The number of nitrogens with one attached hydrogen (secondary N) is 1. The zero-order valence-corrected chi connectivity index (χ0v) is 10.5. The number of hydrogen-bond acceptors (Lipinski definition) is 4. The van der Waals surface area contributed by atoms with E-state index in [4.69, 9.17) is 9.47 Å². The third kappa shape index (κ3) is 3.66. The maximum absolute atomic E-state index is 12.2. The molecule has 0 aromatic rings. The molecule has 0 bridgehead atoms. The molecule has 17 heavy (non-hydrogen) atoms. The van der Waals surface area contributed by atoms with Crippen molar-refractivity contribution in [1.82, 2.24) is 10.2 Å². The number of likely N-dealkylation sites (N-methyl/N-ethyl adjacent to an activating group) is 1. The standard InChI is InChI=1S/C12H22N2O3/c1-14(8-11-9-16-6-7-17-11)12(15)10-2-4-13-5-3-10/h10-11,13H,2-9H2,1H3/t11-/m0/s1. The summed E-state index contributed by atoms with van der Waals surface area (Å²) in [5.74, 6) is 0.437. The molecule has 1 atom stereocenters. The van der Waals surface area contributed by atoms with Gasteiger partial charge in [-0.05, 0) is 25.9 Å². The molecule has 5 heteroatoms. The van der Waals surface area contributed by atoms with Gasteiger partial charge in [0.2, 0.25) is 5.91 Å². The molecule has 0 aromatic heterocycles. The number of nitrogens with zero attached hydrogens (tertiary/aromatic N) is 1. The normalized spacial score (nSPS) is 26.8. The van der Waals surface area contributed by atoms with Crippen LogP contribution in [-0.4, -0.2) is 63.4 Å². The average molecular weight is 242 g/mol. The van der Waals surface area contributed by atoms with E-state index in [9.17, 15) is 4.79 Å². The molecule has 0 saturated carbocycles. The van der Waals surface area contributed by atoms with Gasteiger partial charge in [-0.1, -0.05) is 0 Å². The van der Waals surface area contributed by atoms with Crippen LogP contribution in [-0.2, 0) is 14.3 Å². The quantitative estimate of drug-likeness (QED) is 0.748. The Morgan fingerprint density at radius 1 is 1.35 bits per heavy atom. The molecule has 98 valence electrons. The Balaban J connectivity index is 1.77. The van der Waals surface area contributed by atoms with E-state index in [0.717, 1.165) is 25.9 Å². The lowest BCUT2D eigenvalue weighted by molar-refractivity contribution is -0.141. The minimum atomic E-state index is 0.0411. The van der Waals surface area contributed by atoms with Gasteiger partial charge in [0, 0.05) is 19.5 Å². The van der Waals surface area contributed by atoms with Gasteiger partial charge >= 0.3 is 0 Å². The molecule has 2 aliphatic rings. The zero-order valence-electron chi connectivity index (χ0n) is 10.5. The summed E-state index contributed by atoms with van der Waals surface area (Å²) in [4.78, 5) is 14.0. The first-order valence-electron chi connectivity index (χ1n) is 6.42. The molecule has 2 fully saturated rings. The zero-order chi connectivity index (χ0) is 12.1. The first-order chi connectivity index (χ1) is 8.27. The van der Waals surface area contributed by atoms with Crippen molar-refractivity contribution in [3.8, 4) is 0 Å². The molecule has 2 saturated heterocycles. The van der Waals surface area contributed by atoms with Crippen molar-refractivity contribution >= 4 is 5.91 Å². The van der Waals surface area contributed by atoms with Gasteiger partial charge in [0.1, 0.15) is 0 Å². The predicted octanol–water partition coefficient (Wildman–Crippen LogP) is -0.140. The van der Waals surface area contributed by atoms with Crippen LogP contribution in [0.1, 0.15) is 12.8 Å². The maximum Gasteiger partial charge on any atom is 0.225 e. The largest absolute Gasteiger partial charge is 0.376 e. The van der Waals surface area contributed by atoms with E-state index in [2.05, 4.69) is 5.32 Å². The molecule has 1 amide bonds. The molecular weight excluding hydrogens is 220 g/mol. The molecule has 0 unspecified atom stereocenters. The highest BCUT2D eigenvalue weighted by Crippen LogP contribution is 2.15. The van der Waals surface area contributed by atoms with Gasteiger partial charge in [0.25, 0.3) is 0 Å². The van der Waals surface area contributed by atoms with Crippen LogP contribution in [0.4, 0.5) is 0 Å². The highest BCUT2D eigenvalue weighted by Gasteiger charge is 2.26. The molecule has 0 spiro atoms. The summed E-state index contributed by atoms with van der Waals surface area (Å²) in [6, 6.07) is 0. The van der Waals surface area contributed by atoms with Crippen LogP contribution < -0.4 is 5.32 Å². The minimum Gasteiger partial charge on any atom is -0.376 e. The number of carbonyl (C=O) groups is 1. The topological polar surface area (TPSA) is 50.8 Å². The second-order valence-corrected chi connectivity index (χ2v) is 4.81. The molecular formula is C12H22N2O3. The number of piperidine rings is 1. The molecule has 2 rings (SSSR count). The molecule has 0 aromatic carbocycles. The monoisotopic (exact) mass is 242 g/mol. The van der Waals surface area contributed by atoms with E-state index in [1.165, 1.54) is 0 Å². The SMILES string of the molecule is CN(C[C@H]1COCCO1)C(=O)C1CCNCC1. The predicted molar refractivity (Wildman–Crippen MR) is 63.8 cm³/mol. The van der Waals surface area contributed by atoms with Crippen LogP contribution in [0.15, 0.2) is 0 Å². The first-order valence-corrected chi connectivity index (χ1v) is 6.42. The molecule has 0 aliphatic carbocycles.